The van der Waals surface area contributed by atoms with Crippen molar-refractivity contribution in [3.8, 4) is 6.07 Å². The molecule has 1 aliphatic rings. The lowest BCUT2D eigenvalue weighted by Crippen LogP contribution is -2.32. The lowest BCUT2D eigenvalue weighted by molar-refractivity contribution is 0.519. The van der Waals surface area contributed by atoms with Crippen molar-refractivity contribution in [2.75, 3.05) is 5.73 Å². The molecule has 1 aromatic rings. The molecule has 4 heteroatoms. The van der Waals surface area contributed by atoms with E-state index in [2.05, 4.69) is 18.3 Å². The molecule has 0 saturated carbocycles. The van der Waals surface area contributed by atoms with Crippen LogP contribution in [0.4, 0.5) is 5.00 Å². The molecule has 0 spiro atoms. The van der Waals surface area contributed by atoms with Crippen LogP contribution >= 0.6 is 11.3 Å². The topological polar surface area (TPSA) is 61.8 Å². The van der Waals surface area contributed by atoms with Crippen molar-refractivity contribution in [2.24, 2.45) is 0 Å². The van der Waals surface area contributed by atoms with Crippen LogP contribution in [-0.4, -0.2) is 6.04 Å². The molecular weight excluding hydrogens is 182 g/mol. The average Bonchev–Trinajstić information content (AvgIpc) is 2.39. The summed E-state index contributed by atoms with van der Waals surface area (Å²) < 4.78 is 0. The average molecular weight is 193 g/mol. The molecule has 68 valence electrons. The fourth-order valence-corrected chi connectivity index (χ4v) is 2.80. The van der Waals surface area contributed by atoms with E-state index in [0.29, 0.717) is 16.6 Å². The van der Waals surface area contributed by atoms with Crippen molar-refractivity contribution in [3.63, 3.8) is 0 Å². The number of nitrogens with one attached hydrogen (secondary N) is 1. The summed E-state index contributed by atoms with van der Waals surface area (Å²) >= 11 is 1.56. The summed E-state index contributed by atoms with van der Waals surface area (Å²) in [6, 6.07) is 2.66. The minimum absolute atomic E-state index is 0.497. The number of thiophene rings is 1. The van der Waals surface area contributed by atoms with E-state index < -0.39 is 0 Å². The Morgan fingerprint density at radius 2 is 2.46 bits per heavy atom. The number of fused-ring (bicyclic) bond motifs is 1. The molecule has 1 unspecified atom stereocenters. The van der Waals surface area contributed by atoms with Gasteiger partial charge in [0.25, 0.3) is 0 Å². The highest BCUT2D eigenvalue weighted by Crippen LogP contribution is 2.33. The van der Waals surface area contributed by atoms with Gasteiger partial charge >= 0.3 is 0 Å². The van der Waals surface area contributed by atoms with Gasteiger partial charge < -0.3 is 11.1 Å². The normalized spacial score (nSPS) is 20.8. The predicted octanol–water partition coefficient (Wildman–Crippen LogP) is 1.24. The lowest BCUT2D eigenvalue weighted by atomic mass is 10.0. The molecule has 0 radical (unpaired) electrons. The summed E-state index contributed by atoms with van der Waals surface area (Å²) in [7, 11) is 0. The van der Waals surface area contributed by atoms with Gasteiger partial charge in [-0.25, -0.2) is 0 Å². The van der Waals surface area contributed by atoms with Gasteiger partial charge in [0.15, 0.2) is 0 Å². The van der Waals surface area contributed by atoms with E-state index in [9.17, 15) is 0 Å². The molecular formula is C9H11N3S. The van der Waals surface area contributed by atoms with Gasteiger partial charge in [-0.15, -0.1) is 11.3 Å². The van der Waals surface area contributed by atoms with Gasteiger partial charge in [0.2, 0.25) is 0 Å². The van der Waals surface area contributed by atoms with Crippen LogP contribution in [0, 0.1) is 11.3 Å². The molecule has 0 saturated heterocycles. The standard InChI is InChI=1S/C9H11N3S/c1-5-2-8-7(4-12-5)6(3-10)9(11)13-8/h5,12H,2,4,11H2,1H3. The summed E-state index contributed by atoms with van der Waals surface area (Å²) in [5.41, 5.74) is 7.54. The van der Waals surface area contributed by atoms with Crippen molar-refractivity contribution in [3.05, 3.63) is 16.0 Å². The number of nitrogens with zero attached hydrogens (tertiary/aromatic N) is 1. The zero-order valence-corrected chi connectivity index (χ0v) is 8.24. The third-order valence-electron chi connectivity index (χ3n) is 2.35. The lowest BCUT2D eigenvalue weighted by Gasteiger charge is -2.19. The highest BCUT2D eigenvalue weighted by Gasteiger charge is 2.21. The number of anilines is 1. The molecule has 0 aromatic carbocycles. The Balaban J connectivity index is 2.48. The number of rotatable bonds is 0. The van der Waals surface area contributed by atoms with Gasteiger partial charge in [-0.05, 0) is 18.9 Å². The number of hydrogen-bond donors (Lipinski definition) is 2. The number of nitriles is 1. The third kappa shape index (κ3) is 1.30. The fraction of sp³-hybridized carbons (Fsp3) is 0.444. The molecule has 0 fully saturated rings. The van der Waals surface area contributed by atoms with Gasteiger partial charge in [0.05, 0.1) is 5.56 Å². The maximum absolute atomic E-state index is 8.88. The van der Waals surface area contributed by atoms with Crippen LogP contribution in [0.1, 0.15) is 22.9 Å². The fourth-order valence-electron chi connectivity index (χ4n) is 1.63. The van der Waals surface area contributed by atoms with Crippen LogP contribution in [0.25, 0.3) is 0 Å². The van der Waals surface area contributed by atoms with Gasteiger partial charge in [0, 0.05) is 17.5 Å². The van der Waals surface area contributed by atoms with Gasteiger partial charge in [-0.1, -0.05) is 0 Å². The van der Waals surface area contributed by atoms with E-state index in [1.807, 2.05) is 0 Å². The Hall–Kier alpha value is -1.05. The Labute approximate surface area is 81.2 Å². The monoisotopic (exact) mass is 193 g/mol. The van der Waals surface area contributed by atoms with Crippen molar-refractivity contribution >= 4 is 16.3 Å². The maximum atomic E-state index is 8.88. The van der Waals surface area contributed by atoms with Gasteiger partial charge in [-0.3, -0.25) is 0 Å². The molecule has 3 N–H and O–H groups in total. The Kier molecular flexibility index (Phi) is 1.98. The SMILES string of the molecule is CC1Cc2sc(N)c(C#N)c2CN1. The van der Waals surface area contributed by atoms with Crippen molar-refractivity contribution in [2.45, 2.75) is 25.9 Å². The van der Waals surface area contributed by atoms with Crippen molar-refractivity contribution < 1.29 is 0 Å². The van der Waals surface area contributed by atoms with E-state index in [-0.39, 0.29) is 0 Å². The first kappa shape index (κ1) is 8.54. The highest BCUT2D eigenvalue weighted by molar-refractivity contribution is 7.16. The zero-order valence-electron chi connectivity index (χ0n) is 7.42. The number of nitrogen functional groups attached to an aromatic ring is 1. The van der Waals surface area contributed by atoms with Gasteiger partial charge in [-0.2, -0.15) is 5.26 Å². The summed E-state index contributed by atoms with van der Waals surface area (Å²) in [4.78, 5) is 1.28. The van der Waals surface area contributed by atoms with Gasteiger partial charge in [0.1, 0.15) is 11.1 Å². The molecule has 3 nitrogen and oxygen atoms in total. The second-order valence-corrected chi connectivity index (χ2v) is 4.48. The Morgan fingerprint density at radius 3 is 3.15 bits per heavy atom. The minimum atomic E-state index is 0.497. The van der Waals surface area contributed by atoms with E-state index in [4.69, 9.17) is 11.0 Å². The molecule has 1 aliphatic heterocycles. The Bertz CT molecular complexity index is 375. The summed E-state index contributed by atoms with van der Waals surface area (Å²) in [5.74, 6) is 0. The molecule has 2 heterocycles. The van der Waals surface area contributed by atoms with Crippen LogP contribution in [0.2, 0.25) is 0 Å². The largest absolute Gasteiger partial charge is 0.389 e. The number of hydrogen-bond acceptors (Lipinski definition) is 4. The van der Waals surface area contributed by atoms with E-state index in [0.717, 1.165) is 18.5 Å². The first-order valence-corrected chi connectivity index (χ1v) is 5.07. The van der Waals surface area contributed by atoms with E-state index >= 15 is 0 Å². The minimum Gasteiger partial charge on any atom is -0.389 e. The van der Waals surface area contributed by atoms with Crippen LogP contribution < -0.4 is 11.1 Å². The molecule has 2 rings (SSSR count). The predicted molar refractivity (Wildman–Crippen MR) is 53.5 cm³/mol. The van der Waals surface area contributed by atoms with Crippen molar-refractivity contribution in [1.82, 2.24) is 5.32 Å². The van der Waals surface area contributed by atoms with Crippen LogP contribution in [0.15, 0.2) is 0 Å². The second-order valence-electron chi connectivity index (χ2n) is 3.34. The highest BCUT2D eigenvalue weighted by atomic mass is 32.1. The van der Waals surface area contributed by atoms with Crippen LogP contribution in [0.3, 0.4) is 0 Å². The quantitative estimate of drug-likeness (QED) is 0.651. The zero-order chi connectivity index (χ0) is 9.42. The molecule has 1 aromatic heterocycles. The summed E-state index contributed by atoms with van der Waals surface area (Å²) in [6.45, 7) is 2.93. The van der Waals surface area contributed by atoms with E-state index in [1.165, 1.54) is 4.88 Å². The molecule has 0 aliphatic carbocycles. The second kappa shape index (κ2) is 3.02. The van der Waals surface area contributed by atoms with Crippen molar-refractivity contribution in [1.29, 1.82) is 5.26 Å². The molecule has 0 amide bonds. The third-order valence-corrected chi connectivity index (χ3v) is 3.43. The first-order chi connectivity index (χ1) is 6.22. The molecule has 13 heavy (non-hydrogen) atoms. The first-order valence-electron chi connectivity index (χ1n) is 4.26. The Morgan fingerprint density at radius 1 is 1.69 bits per heavy atom. The summed E-state index contributed by atoms with van der Waals surface area (Å²) in [6.07, 6.45) is 0.992. The smallest absolute Gasteiger partial charge is 0.104 e. The van der Waals surface area contributed by atoms with Crippen LogP contribution in [-0.2, 0) is 13.0 Å². The van der Waals surface area contributed by atoms with E-state index in [1.54, 1.807) is 11.3 Å². The summed E-state index contributed by atoms with van der Waals surface area (Å²) in [5, 5.41) is 12.9. The van der Waals surface area contributed by atoms with Crippen LogP contribution in [0.5, 0.6) is 0 Å². The molecule has 1 atom stereocenters. The number of nitrogens with two attached hydrogens (primary N) is 1. The maximum Gasteiger partial charge on any atom is 0.104 e. The molecule has 0 bridgehead atoms.